The van der Waals surface area contributed by atoms with Gasteiger partial charge in [0, 0.05) is 11.7 Å². The summed E-state index contributed by atoms with van der Waals surface area (Å²) in [4.78, 5) is 0.257. The summed E-state index contributed by atoms with van der Waals surface area (Å²) in [5.74, 6) is 0. The van der Waals surface area contributed by atoms with E-state index < -0.39 is 10.0 Å². The summed E-state index contributed by atoms with van der Waals surface area (Å²) < 4.78 is 27.7. The number of nitrogens with one attached hydrogen (secondary N) is 1. The van der Waals surface area contributed by atoms with Crippen molar-refractivity contribution in [2.45, 2.75) is 42.7 Å². The fourth-order valence-electron chi connectivity index (χ4n) is 2.98. The largest absolute Gasteiger partial charge is 0.399 e. The fourth-order valence-corrected chi connectivity index (χ4v) is 4.29. The molecule has 0 aliphatic heterocycles. The molecule has 1 fully saturated rings. The second kappa shape index (κ2) is 6.93. The summed E-state index contributed by atoms with van der Waals surface area (Å²) in [6.45, 7) is 0. The van der Waals surface area contributed by atoms with E-state index in [-0.39, 0.29) is 17.0 Å². The highest BCUT2D eigenvalue weighted by Crippen LogP contribution is 2.24. The summed E-state index contributed by atoms with van der Waals surface area (Å²) in [5.41, 5.74) is 8.30. The minimum absolute atomic E-state index is 0.102. The van der Waals surface area contributed by atoms with Gasteiger partial charge in [0.1, 0.15) is 0 Å². The van der Waals surface area contributed by atoms with Gasteiger partial charge in [-0.3, -0.25) is 0 Å². The van der Waals surface area contributed by atoms with Gasteiger partial charge in [-0.1, -0.05) is 24.3 Å². The molecule has 0 amide bonds. The topological polar surface area (TPSA) is 92.4 Å². The highest BCUT2D eigenvalue weighted by atomic mass is 32.2. The molecule has 1 aliphatic rings. The van der Waals surface area contributed by atoms with Crippen molar-refractivity contribution in [2.75, 3.05) is 5.73 Å². The number of anilines is 1. The minimum atomic E-state index is -3.53. The standard InChI is InChI=1S/C18H22N2O3S/c19-15-5-1-13(2-6-15)14-3-11-18(12-4-14)24(22,23)20-16-7-9-17(21)10-8-16/h1-6,11-12,16-17,20-21H,7-10,19H2. The minimum Gasteiger partial charge on any atom is -0.399 e. The third kappa shape index (κ3) is 3.95. The van der Waals surface area contributed by atoms with Crippen molar-refractivity contribution in [1.82, 2.24) is 4.72 Å². The molecule has 6 heteroatoms. The maximum Gasteiger partial charge on any atom is 0.240 e. The lowest BCUT2D eigenvalue weighted by Gasteiger charge is -2.26. The first-order chi connectivity index (χ1) is 11.4. The molecule has 4 N–H and O–H groups in total. The van der Waals surface area contributed by atoms with Gasteiger partial charge in [0.15, 0.2) is 0 Å². The van der Waals surface area contributed by atoms with Crippen molar-refractivity contribution in [3.05, 3.63) is 48.5 Å². The van der Waals surface area contributed by atoms with Crippen LogP contribution in [0.15, 0.2) is 53.4 Å². The van der Waals surface area contributed by atoms with E-state index in [1.165, 1.54) is 0 Å². The number of nitrogen functional groups attached to an aromatic ring is 1. The number of hydrogen-bond acceptors (Lipinski definition) is 4. The lowest BCUT2D eigenvalue weighted by molar-refractivity contribution is 0.120. The molecule has 1 saturated carbocycles. The Bertz CT molecular complexity index is 778. The van der Waals surface area contributed by atoms with E-state index in [2.05, 4.69) is 4.72 Å². The Hall–Kier alpha value is -1.89. The Kier molecular flexibility index (Phi) is 4.89. The van der Waals surface area contributed by atoms with Crippen molar-refractivity contribution in [1.29, 1.82) is 0 Å². The van der Waals surface area contributed by atoms with Gasteiger partial charge in [-0.05, 0) is 61.1 Å². The lowest BCUT2D eigenvalue weighted by atomic mass is 9.94. The van der Waals surface area contributed by atoms with Crippen LogP contribution in [0.25, 0.3) is 11.1 Å². The molecule has 0 radical (unpaired) electrons. The van der Waals surface area contributed by atoms with E-state index in [1.54, 1.807) is 24.3 Å². The van der Waals surface area contributed by atoms with Crippen LogP contribution in [-0.4, -0.2) is 25.7 Å². The molecule has 128 valence electrons. The predicted octanol–water partition coefficient (Wildman–Crippen LogP) is 2.52. The zero-order valence-corrected chi connectivity index (χ0v) is 14.2. The van der Waals surface area contributed by atoms with E-state index >= 15 is 0 Å². The molecule has 0 aromatic heterocycles. The number of rotatable bonds is 4. The molecule has 2 aromatic carbocycles. The maximum absolute atomic E-state index is 12.5. The molecule has 3 rings (SSSR count). The summed E-state index contributed by atoms with van der Waals surface area (Å²) in [5, 5.41) is 9.51. The van der Waals surface area contributed by atoms with Crippen LogP contribution in [0, 0.1) is 0 Å². The van der Waals surface area contributed by atoms with Crippen LogP contribution in [0.1, 0.15) is 25.7 Å². The van der Waals surface area contributed by atoms with Crippen molar-refractivity contribution >= 4 is 15.7 Å². The van der Waals surface area contributed by atoms with Gasteiger partial charge < -0.3 is 10.8 Å². The third-order valence-electron chi connectivity index (χ3n) is 4.43. The molecule has 0 saturated heterocycles. The molecule has 1 aliphatic carbocycles. The highest BCUT2D eigenvalue weighted by molar-refractivity contribution is 7.89. The van der Waals surface area contributed by atoms with Gasteiger partial charge in [0.25, 0.3) is 0 Å². The van der Waals surface area contributed by atoms with Gasteiger partial charge in [-0.2, -0.15) is 0 Å². The molecule has 0 atom stereocenters. The zero-order chi connectivity index (χ0) is 17.2. The van der Waals surface area contributed by atoms with Gasteiger partial charge in [-0.15, -0.1) is 0 Å². The van der Waals surface area contributed by atoms with Crippen molar-refractivity contribution < 1.29 is 13.5 Å². The lowest BCUT2D eigenvalue weighted by Crippen LogP contribution is -2.38. The Morgan fingerprint density at radius 1 is 0.875 bits per heavy atom. The second-order valence-corrected chi connectivity index (χ2v) is 7.99. The summed E-state index contributed by atoms with van der Waals surface area (Å²) in [6.07, 6.45) is 2.32. The van der Waals surface area contributed by atoms with Crippen LogP contribution in [0.2, 0.25) is 0 Å². The Labute approximate surface area is 142 Å². The summed E-state index contributed by atoms with van der Waals surface area (Å²) in [6, 6.07) is 14.2. The van der Waals surface area contributed by atoms with Gasteiger partial charge in [0.05, 0.1) is 11.0 Å². The summed E-state index contributed by atoms with van der Waals surface area (Å²) >= 11 is 0. The van der Waals surface area contributed by atoms with Gasteiger partial charge >= 0.3 is 0 Å². The first kappa shape index (κ1) is 17.0. The molecule has 24 heavy (non-hydrogen) atoms. The van der Waals surface area contributed by atoms with Crippen LogP contribution in [0.3, 0.4) is 0 Å². The number of aliphatic hydroxyl groups is 1. The van der Waals surface area contributed by atoms with Gasteiger partial charge in [-0.25, -0.2) is 13.1 Å². The molecular formula is C18H22N2O3S. The first-order valence-electron chi connectivity index (χ1n) is 8.10. The average molecular weight is 346 g/mol. The quantitative estimate of drug-likeness (QED) is 0.742. The molecule has 0 unspecified atom stereocenters. The van der Waals surface area contributed by atoms with Crippen LogP contribution in [0.5, 0.6) is 0 Å². The van der Waals surface area contributed by atoms with E-state index in [9.17, 15) is 13.5 Å². The van der Waals surface area contributed by atoms with Crippen molar-refractivity contribution in [3.8, 4) is 11.1 Å². The second-order valence-electron chi connectivity index (χ2n) is 6.27. The fraction of sp³-hybridized carbons (Fsp3) is 0.333. The SMILES string of the molecule is Nc1ccc(-c2ccc(S(=O)(=O)NC3CCC(O)CC3)cc2)cc1. The van der Waals surface area contributed by atoms with Crippen LogP contribution >= 0.6 is 0 Å². The van der Waals surface area contributed by atoms with Crippen molar-refractivity contribution in [2.24, 2.45) is 0 Å². The van der Waals surface area contributed by atoms with Crippen LogP contribution in [-0.2, 0) is 10.0 Å². The molecule has 2 aromatic rings. The van der Waals surface area contributed by atoms with E-state index in [0.717, 1.165) is 11.1 Å². The van der Waals surface area contributed by atoms with Crippen molar-refractivity contribution in [3.63, 3.8) is 0 Å². The highest BCUT2D eigenvalue weighted by Gasteiger charge is 2.24. The molecular weight excluding hydrogens is 324 g/mol. The number of aliphatic hydroxyl groups excluding tert-OH is 1. The Balaban J connectivity index is 1.73. The average Bonchev–Trinajstić information content (AvgIpc) is 2.58. The first-order valence-corrected chi connectivity index (χ1v) is 9.59. The number of sulfonamides is 1. The number of nitrogens with two attached hydrogens (primary N) is 1. The van der Waals surface area contributed by atoms with E-state index in [0.29, 0.717) is 31.4 Å². The Morgan fingerprint density at radius 2 is 1.38 bits per heavy atom. The Morgan fingerprint density at radius 3 is 1.92 bits per heavy atom. The van der Waals surface area contributed by atoms with Gasteiger partial charge in [0.2, 0.25) is 10.0 Å². The van der Waals surface area contributed by atoms with Crippen LogP contribution < -0.4 is 10.5 Å². The summed E-state index contributed by atoms with van der Waals surface area (Å²) in [7, 11) is -3.53. The predicted molar refractivity (Wildman–Crippen MR) is 94.9 cm³/mol. The molecule has 0 heterocycles. The third-order valence-corrected chi connectivity index (χ3v) is 5.96. The van der Waals surface area contributed by atoms with Crippen LogP contribution in [0.4, 0.5) is 5.69 Å². The molecule has 5 nitrogen and oxygen atoms in total. The maximum atomic E-state index is 12.5. The monoisotopic (exact) mass is 346 g/mol. The number of benzene rings is 2. The number of hydrogen-bond donors (Lipinski definition) is 3. The smallest absolute Gasteiger partial charge is 0.240 e. The zero-order valence-electron chi connectivity index (χ0n) is 13.4. The molecule has 0 bridgehead atoms. The van der Waals surface area contributed by atoms with E-state index in [4.69, 9.17) is 5.73 Å². The normalized spacial score (nSPS) is 21.5. The molecule has 0 spiro atoms. The van der Waals surface area contributed by atoms with E-state index in [1.807, 2.05) is 24.3 Å².